The fourth-order valence-electron chi connectivity index (χ4n) is 3.92. The molecule has 142 valence electrons. The van der Waals surface area contributed by atoms with E-state index >= 15 is 0 Å². The highest BCUT2D eigenvalue weighted by atomic mass is 16.6. The number of ether oxygens (including phenoxy) is 1. The minimum absolute atomic E-state index is 0.0322. The summed E-state index contributed by atoms with van der Waals surface area (Å²) in [7, 11) is 0. The van der Waals surface area contributed by atoms with Crippen LogP contribution in [0.25, 0.3) is 0 Å². The van der Waals surface area contributed by atoms with Crippen molar-refractivity contribution in [1.29, 1.82) is 0 Å². The van der Waals surface area contributed by atoms with Gasteiger partial charge in [-0.25, -0.2) is 4.79 Å². The normalized spacial score (nSPS) is 23.4. The second-order valence-corrected chi connectivity index (χ2v) is 7.54. The van der Waals surface area contributed by atoms with Crippen molar-refractivity contribution in [2.45, 2.75) is 52.5 Å². The molecule has 0 bridgehead atoms. The van der Waals surface area contributed by atoms with E-state index in [1.165, 1.54) is 0 Å². The van der Waals surface area contributed by atoms with Crippen LogP contribution in [0.15, 0.2) is 12.4 Å². The van der Waals surface area contributed by atoms with Crippen LogP contribution in [0.2, 0.25) is 0 Å². The van der Waals surface area contributed by atoms with Crippen LogP contribution in [0.3, 0.4) is 0 Å². The molecule has 1 spiro atoms. The van der Waals surface area contributed by atoms with Crippen molar-refractivity contribution in [3.63, 3.8) is 0 Å². The summed E-state index contributed by atoms with van der Waals surface area (Å²) < 4.78 is 5.31. The topological polar surface area (TPSA) is 75.6 Å². The van der Waals surface area contributed by atoms with Gasteiger partial charge in [-0.05, 0) is 32.6 Å². The van der Waals surface area contributed by atoms with E-state index in [9.17, 15) is 9.59 Å². The van der Waals surface area contributed by atoms with Crippen molar-refractivity contribution in [2.24, 2.45) is 5.41 Å². The Hall–Kier alpha value is -2.18. The first kappa shape index (κ1) is 18.6. The number of carbonyl (C=O) groups is 2. The molecule has 2 aliphatic heterocycles. The van der Waals surface area contributed by atoms with Gasteiger partial charge in [0.1, 0.15) is 0 Å². The molecule has 7 nitrogen and oxygen atoms in total. The number of likely N-dealkylation sites (tertiary alicyclic amines) is 2. The van der Waals surface area contributed by atoms with Gasteiger partial charge >= 0.3 is 6.09 Å². The van der Waals surface area contributed by atoms with E-state index in [4.69, 9.17) is 4.74 Å². The summed E-state index contributed by atoms with van der Waals surface area (Å²) in [5, 5.41) is 0. The molecule has 3 heterocycles. The zero-order chi connectivity index (χ0) is 18.6. The Morgan fingerprint density at radius 1 is 1.27 bits per heavy atom. The summed E-state index contributed by atoms with van der Waals surface area (Å²) in [6, 6.07) is 0. The molecule has 3 rings (SSSR count). The second kappa shape index (κ2) is 8.01. The van der Waals surface area contributed by atoms with Gasteiger partial charge in [-0.3, -0.25) is 14.8 Å². The predicted octanol–water partition coefficient (Wildman–Crippen LogP) is 2.54. The fourth-order valence-corrected chi connectivity index (χ4v) is 3.92. The number of nitrogens with zero attached hydrogens (tertiary/aromatic N) is 4. The van der Waals surface area contributed by atoms with E-state index in [1.807, 2.05) is 23.6 Å². The van der Waals surface area contributed by atoms with Crippen LogP contribution < -0.4 is 0 Å². The number of hydrogen-bond donors (Lipinski definition) is 0. The van der Waals surface area contributed by atoms with Crippen molar-refractivity contribution in [3.05, 3.63) is 23.8 Å². The number of hydrogen-bond acceptors (Lipinski definition) is 5. The van der Waals surface area contributed by atoms with Crippen molar-refractivity contribution in [2.75, 3.05) is 26.2 Å². The van der Waals surface area contributed by atoms with E-state index in [2.05, 4.69) is 9.97 Å². The molecule has 0 unspecified atom stereocenters. The van der Waals surface area contributed by atoms with Crippen LogP contribution in [0.5, 0.6) is 0 Å². The molecule has 2 saturated heterocycles. The predicted molar refractivity (Wildman–Crippen MR) is 96.3 cm³/mol. The Bertz CT molecular complexity index is 649. The molecule has 1 atom stereocenters. The molecule has 1 aromatic rings. The van der Waals surface area contributed by atoms with Gasteiger partial charge in [0, 0.05) is 37.7 Å². The molecule has 0 N–H and O–H groups in total. The van der Waals surface area contributed by atoms with Crippen molar-refractivity contribution >= 4 is 12.0 Å². The van der Waals surface area contributed by atoms with E-state index in [-0.39, 0.29) is 17.4 Å². The monoisotopic (exact) mass is 360 g/mol. The first-order valence-electron chi connectivity index (χ1n) is 9.48. The molecule has 7 heteroatoms. The quantitative estimate of drug-likeness (QED) is 0.825. The van der Waals surface area contributed by atoms with Crippen LogP contribution in [0.1, 0.15) is 50.4 Å². The maximum absolute atomic E-state index is 12.4. The zero-order valence-corrected chi connectivity index (χ0v) is 15.7. The lowest BCUT2D eigenvalue weighted by molar-refractivity contribution is -0.140. The number of piperidine rings is 2. The molecule has 0 aliphatic carbocycles. The summed E-state index contributed by atoms with van der Waals surface area (Å²) >= 11 is 0. The smallest absolute Gasteiger partial charge is 0.409 e. The molecule has 2 aliphatic rings. The highest BCUT2D eigenvalue weighted by Crippen LogP contribution is 2.39. The van der Waals surface area contributed by atoms with Crippen LogP contribution >= 0.6 is 0 Å². The van der Waals surface area contributed by atoms with Gasteiger partial charge in [0.15, 0.2) is 0 Å². The number of amides is 2. The SMILES string of the molecule is CCCOC(=O)N1CCC[C@]2(CCC(=O)N(Cc3cnc(C)cn3)C2)C1. The van der Waals surface area contributed by atoms with Crippen molar-refractivity contribution in [3.8, 4) is 0 Å². The highest BCUT2D eigenvalue weighted by Gasteiger charge is 2.43. The summed E-state index contributed by atoms with van der Waals surface area (Å²) in [6.07, 6.45) is 7.41. The summed E-state index contributed by atoms with van der Waals surface area (Å²) in [4.78, 5) is 37.0. The van der Waals surface area contributed by atoms with E-state index in [1.54, 1.807) is 12.4 Å². The molecule has 2 amide bonds. The Morgan fingerprint density at radius 2 is 2.12 bits per heavy atom. The molecule has 0 radical (unpaired) electrons. The summed E-state index contributed by atoms with van der Waals surface area (Å²) in [5.41, 5.74) is 1.63. The van der Waals surface area contributed by atoms with Crippen LogP contribution in [0, 0.1) is 12.3 Å². The Kier molecular flexibility index (Phi) is 5.74. The van der Waals surface area contributed by atoms with Gasteiger partial charge in [0.05, 0.1) is 30.7 Å². The first-order valence-corrected chi connectivity index (χ1v) is 9.48. The maximum atomic E-state index is 12.4. The van der Waals surface area contributed by atoms with Crippen LogP contribution in [0.4, 0.5) is 4.79 Å². The van der Waals surface area contributed by atoms with Gasteiger partial charge < -0.3 is 14.5 Å². The molecule has 0 aromatic carbocycles. The third-order valence-corrected chi connectivity index (χ3v) is 5.28. The number of carbonyl (C=O) groups excluding carboxylic acids is 2. The molecule has 2 fully saturated rings. The van der Waals surface area contributed by atoms with Gasteiger partial charge in [0.25, 0.3) is 0 Å². The summed E-state index contributed by atoms with van der Waals surface area (Å²) in [6.45, 7) is 6.89. The van der Waals surface area contributed by atoms with Gasteiger partial charge in [-0.15, -0.1) is 0 Å². The van der Waals surface area contributed by atoms with Crippen LogP contribution in [-0.2, 0) is 16.1 Å². The highest BCUT2D eigenvalue weighted by molar-refractivity contribution is 5.77. The van der Waals surface area contributed by atoms with E-state index in [0.717, 1.165) is 43.6 Å². The van der Waals surface area contributed by atoms with Gasteiger partial charge in [-0.2, -0.15) is 0 Å². The molecule has 1 aromatic heterocycles. The van der Waals surface area contributed by atoms with Crippen LogP contribution in [-0.4, -0.2) is 58.0 Å². The average Bonchev–Trinajstić information content (AvgIpc) is 2.65. The van der Waals surface area contributed by atoms with E-state index in [0.29, 0.717) is 32.7 Å². The van der Waals surface area contributed by atoms with Crippen molar-refractivity contribution < 1.29 is 14.3 Å². The lowest BCUT2D eigenvalue weighted by atomic mass is 9.73. The molecule has 0 saturated carbocycles. The lowest BCUT2D eigenvalue weighted by Gasteiger charge is -2.47. The fraction of sp³-hybridized carbons (Fsp3) is 0.684. The minimum Gasteiger partial charge on any atom is -0.449 e. The third kappa shape index (κ3) is 4.31. The standard InChI is InChI=1S/C19H28N4O3/c1-3-9-26-18(25)22-8-4-6-19(13-22)7-5-17(24)23(14-19)12-16-11-20-15(2)10-21-16/h10-11H,3-9,12-14H2,1-2H3/t19-/m0/s1. The Morgan fingerprint density at radius 3 is 2.85 bits per heavy atom. The van der Waals surface area contributed by atoms with E-state index < -0.39 is 0 Å². The molecular weight excluding hydrogens is 332 g/mol. The van der Waals surface area contributed by atoms with Gasteiger partial charge in [0.2, 0.25) is 5.91 Å². The third-order valence-electron chi connectivity index (χ3n) is 5.28. The van der Waals surface area contributed by atoms with Gasteiger partial charge in [-0.1, -0.05) is 6.92 Å². The summed E-state index contributed by atoms with van der Waals surface area (Å²) in [5.74, 6) is 0.156. The zero-order valence-electron chi connectivity index (χ0n) is 15.7. The maximum Gasteiger partial charge on any atom is 0.409 e. The number of rotatable bonds is 4. The first-order chi connectivity index (χ1) is 12.5. The Balaban J connectivity index is 1.66. The molecular formula is C19H28N4O3. The largest absolute Gasteiger partial charge is 0.449 e. The Labute approximate surface area is 154 Å². The minimum atomic E-state index is -0.223. The molecule has 26 heavy (non-hydrogen) atoms. The number of aryl methyl sites for hydroxylation is 1. The van der Waals surface area contributed by atoms with Crippen molar-refractivity contribution in [1.82, 2.24) is 19.8 Å². The average molecular weight is 360 g/mol. The second-order valence-electron chi connectivity index (χ2n) is 7.54. The lowest BCUT2D eigenvalue weighted by Crippen LogP contribution is -2.55. The number of aromatic nitrogens is 2.